The van der Waals surface area contributed by atoms with Crippen LogP contribution in [0.15, 0.2) is 48.5 Å². The number of carbonyl (C=O) groups excluding carboxylic acids is 2. The zero-order chi connectivity index (χ0) is 37.0. The van der Waals surface area contributed by atoms with E-state index < -0.39 is 0 Å². The average molecular weight is 747 g/mol. The van der Waals surface area contributed by atoms with Crippen LogP contribution in [0.3, 0.4) is 0 Å². The highest BCUT2D eigenvalue weighted by molar-refractivity contribution is 5.80. The molecule has 2 unspecified atom stereocenters. The number of para-hydroxylation sites is 2. The zero-order valence-electron chi connectivity index (χ0n) is 31.3. The van der Waals surface area contributed by atoms with Crippen molar-refractivity contribution in [1.82, 2.24) is 49.6 Å². The van der Waals surface area contributed by atoms with Crippen molar-refractivity contribution in [3.8, 4) is 0 Å². The summed E-state index contributed by atoms with van der Waals surface area (Å²) in [6, 6.07) is 15.8. The van der Waals surface area contributed by atoms with Crippen LogP contribution in [0.5, 0.6) is 0 Å². The van der Waals surface area contributed by atoms with Crippen molar-refractivity contribution in [3.63, 3.8) is 0 Å². The van der Waals surface area contributed by atoms with Crippen LogP contribution in [0.1, 0.15) is 50.9 Å². The molecule has 0 saturated carbocycles. The molecule has 292 valence electrons. The van der Waals surface area contributed by atoms with Crippen LogP contribution < -0.4 is 0 Å². The average Bonchev–Trinajstić information content (AvgIpc) is 4.01. The summed E-state index contributed by atoms with van der Waals surface area (Å²) in [6.07, 6.45) is 3.87. The summed E-state index contributed by atoms with van der Waals surface area (Å²) in [5, 5.41) is 17.7. The first-order valence-electron chi connectivity index (χ1n) is 19.6. The van der Waals surface area contributed by atoms with Crippen molar-refractivity contribution in [3.05, 3.63) is 48.5 Å². The van der Waals surface area contributed by atoms with Gasteiger partial charge < -0.3 is 28.7 Å². The molecular weight excluding hydrogens is 692 g/mol. The maximum atomic E-state index is 12.9. The second-order valence-corrected chi connectivity index (χ2v) is 14.1. The van der Waals surface area contributed by atoms with Crippen LogP contribution in [-0.4, -0.2) is 167 Å². The fourth-order valence-electron chi connectivity index (χ4n) is 7.69. The number of amides is 2. The number of hydrogen-bond donors (Lipinski definition) is 0. The van der Waals surface area contributed by atoms with Gasteiger partial charge in [-0.05, 0) is 37.1 Å². The number of nitrogens with zero attached hydrogens (tertiary/aromatic N) is 10. The highest BCUT2D eigenvalue weighted by Crippen LogP contribution is 2.28. The van der Waals surface area contributed by atoms with E-state index in [2.05, 4.69) is 30.4 Å². The minimum absolute atomic E-state index is 0.164. The topological polar surface area (TPSA) is 145 Å². The molecule has 0 N–H and O–H groups in total. The van der Waals surface area contributed by atoms with Gasteiger partial charge in [0.05, 0.1) is 63.9 Å². The van der Waals surface area contributed by atoms with Gasteiger partial charge in [-0.25, -0.2) is 9.36 Å². The molecule has 0 radical (unpaired) electrons. The number of ether oxygens (including phenoxy) is 4. The Balaban J connectivity index is 0.911. The zero-order valence-corrected chi connectivity index (χ0v) is 31.3. The van der Waals surface area contributed by atoms with Crippen molar-refractivity contribution in [2.75, 3.05) is 105 Å². The molecule has 3 saturated heterocycles. The fraction of sp³-hybridized carbons (Fsp3) is 0.632. The van der Waals surface area contributed by atoms with Gasteiger partial charge in [0.1, 0.15) is 23.4 Å². The molecule has 16 heteroatoms. The second-order valence-electron chi connectivity index (χ2n) is 14.1. The normalized spacial score (nSPS) is 21.2. The summed E-state index contributed by atoms with van der Waals surface area (Å²) >= 11 is 0. The third-order valence-electron chi connectivity index (χ3n) is 10.6. The van der Waals surface area contributed by atoms with Gasteiger partial charge in [0, 0.05) is 78.0 Å². The summed E-state index contributed by atoms with van der Waals surface area (Å²) in [7, 11) is 0. The molecule has 7 rings (SSSR count). The highest BCUT2D eigenvalue weighted by Gasteiger charge is 2.32. The molecule has 0 spiro atoms. The van der Waals surface area contributed by atoms with Gasteiger partial charge in [-0.2, -0.15) is 0 Å². The Hall–Kier alpha value is -4.06. The number of hydrogen-bond acceptors (Lipinski definition) is 12. The van der Waals surface area contributed by atoms with Crippen LogP contribution in [0.25, 0.3) is 22.1 Å². The molecule has 2 aromatic heterocycles. The number of rotatable bonds is 10. The Morgan fingerprint density at radius 3 is 1.28 bits per heavy atom. The first-order chi connectivity index (χ1) is 26.7. The first kappa shape index (κ1) is 38.2. The van der Waals surface area contributed by atoms with Crippen molar-refractivity contribution in [2.45, 2.75) is 50.9 Å². The minimum Gasteiger partial charge on any atom is -0.378 e. The number of likely N-dealkylation sites (tertiary alicyclic amines) is 2. The number of aromatic nitrogens is 6. The third kappa shape index (κ3) is 9.78. The lowest BCUT2D eigenvalue weighted by Crippen LogP contribution is -2.39. The van der Waals surface area contributed by atoms with Gasteiger partial charge in [0.25, 0.3) is 0 Å². The van der Waals surface area contributed by atoms with Gasteiger partial charge in [0.2, 0.25) is 11.8 Å². The number of fused-ring (bicyclic) bond motifs is 2. The lowest BCUT2D eigenvalue weighted by molar-refractivity contribution is -0.132. The Labute approximate surface area is 316 Å². The van der Waals surface area contributed by atoms with Crippen LogP contribution in [0.4, 0.5) is 0 Å². The van der Waals surface area contributed by atoms with E-state index >= 15 is 0 Å². The predicted molar refractivity (Wildman–Crippen MR) is 200 cm³/mol. The summed E-state index contributed by atoms with van der Waals surface area (Å²) in [5.74, 6) is 0.328. The molecule has 54 heavy (non-hydrogen) atoms. The molecule has 4 aromatic rings. The van der Waals surface area contributed by atoms with Crippen LogP contribution in [-0.2, 0) is 28.5 Å². The summed E-state index contributed by atoms with van der Waals surface area (Å²) in [6.45, 7) is 10.1. The van der Waals surface area contributed by atoms with Gasteiger partial charge in [-0.1, -0.05) is 34.7 Å². The smallest absolute Gasteiger partial charge is 0.224 e. The monoisotopic (exact) mass is 746 g/mol. The van der Waals surface area contributed by atoms with Gasteiger partial charge in [0.15, 0.2) is 0 Å². The Morgan fingerprint density at radius 1 is 0.519 bits per heavy atom. The van der Waals surface area contributed by atoms with E-state index in [4.69, 9.17) is 18.9 Å². The first-order valence-corrected chi connectivity index (χ1v) is 19.6. The molecule has 16 nitrogen and oxygen atoms in total. The third-order valence-corrected chi connectivity index (χ3v) is 10.6. The second kappa shape index (κ2) is 19.5. The molecule has 3 aliphatic rings. The molecule has 0 bridgehead atoms. The van der Waals surface area contributed by atoms with E-state index in [-0.39, 0.29) is 24.1 Å². The Kier molecular flexibility index (Phi) is 13.8. The Morgan fingerprint density at radius 2 is 0.907 bits per heavy atom. The molecule has 2 aromatic carbocycles. The van der Waals surface area contributed by atoms with E-state index in [1.54, 1.807) is 0 Å². The molecule has 3 fully saturated rings. The maximum absolute atomic E-state index is 12.9. The summed E-state index contributed by atoms with van der Waals surface area (Å²) < 4.78 is 27.9. The largest absolute Gasteiger partial charge is 0.378 e. The molecule has 2 amide bonds. The number of benzene rings is 2. The van der Waals surface area contributed by atoms with Crippen LogP contribution in [0.2, 0.25) is 0 Å². The minimum atomic E-state index is -0.209. The molecule has 0 aliphatic carbocycles. The molecule has 3 aliphatic heterocycles. The van der Waals surface area contributed by atoms with Crippen molar-refractivity contribution >= 4 is 33.9 Å². The van der Waals surface area contributed by atoms with E-state index in [0.717, 1.165) is 87.3 Å². The fourth-order valence-corrected chi connectivity index (χ4v) is 7.69. The SMILES string of the molecule is O=C1CCCN1C(CCN1CCOCCOCCN(CCC(N2CCCC2=O)n2nnc3ccccc32)CCOCCOCC1)n1nnc2ccccc21. The quantitative estimate of drug-likeness (QED) is 0.235. The summed E-state index contributed by atoms with van der Waals surface area (Å²) in [5.41, 5.74) is 3.51. The highest BCUT2D eigenvalue weighted by atomic mass is 16.5. The lowest BCUT2D eigenvalue weighted by Gasteiger charge is -2.31. The molecule has 2 atom stereocenters. The van der Waals surface area contributed by atoms with Gasteiger partial charge >= 0.3 is 0 Å². The van der Waals surface area contributed by atoms with E-state index in [0.29, 0.717) is 78.5 Å². The van der Waals surface area contributed by atoms with Crippen molar-refractivity contribution < 1.29 is 28.5 Å². The Bertz CT molecular complexity index is 1640. The van der Waals surface area contributed by atoms with Gasteiger partial charge in [-0.15, -0.1) is 10.2 Å². The van der Waals surface area contributed by atoms with Crippen molar-refractivity contribution in [1.29, 1.82) is 0 Å². The predicted octanol–water partition coefficient (Wildman–Crippen LogP) is 2.58. The lowest BCUT2D eigenvalue weighted by atomic mass is 10.2. The van der Waals surface area contributed by atoms with E-state index in [1.807, 2.05) is 67.7 Å². The standard InChI is InChI=1S/C38H54N10O6/c49-37-11-5-15-45(37)35(47-33-9-3-1-7-31(33)39-41-47)13-17-43-19-23-51-27-29-53-25-21-44(22-26-54-30-28-52-24-20-43)18-14-36(46-16-6-12-38(46)50)48-34-10-4-2-8-32(34)40-42-48/h1-4,7-10,35-36H,5-6,11-30H2. The van der Waals surface area contributed by atoms with Crippen molar-refractivity contribution in [2.24, 2.45) is 0 Å². The molecular formula is C38H54N10O6. The van der Waals surface area contributed by atoms with Crippen LogP contribution >= 0.6 is 0 Å². The van der Waals surface area contributed by atoms with Gasteiger partial charge in [-0.3, -0.25) is 19.4 Å². The van der Waals surface area contributed by atoms with E-state index in [9.17, 15) is 9.59 Å². The van der Waals surface area contributed by atoms with Crippen LogP contribution in [0, 0.1) is 0 Å². The summed E-state index contributed by atoms with van der Waals surface area (Å²) in [4.78, 5) is 34.4. The maximum Gasteiger partial charge on any atom is 0.224 e. The molecule has 5 heterocycles. The van der Waals surface area contributed by atoms with E-state index in [1.165, 1.54) is 0 Å². The number of carbonyl (C=O) groups is 2.